The number of carbonyl (C=O) groups is 3. The zero-order valence-electron chi connectivity index (χ0n) is 24.8. The molecule has 0 spiro atoms. The van der Waals surface area contributed by atoms with Gasteiger partial charge in [-0.3, -0.25) is 9.59 Å². The lowest BCUT2D eigenvalue weighted by molar-refractivity contribution is -0.123. The van der Waals surface area contributed by atoms with E-state index in [0.29, 0.717) is 17.5 Å². The van der Waals surface area contributed by atoms with E-state index >= 15 is 0 Å². The normalized spacial score (nSPS) is 16.7. The number of Topliss-reactive ketones (excluding diaryl/α,β-unsaturated/α-hetero) is 1. The molecule has 46 heavy (non-hydrogen) atoms. The molecule has 0 radical (unpaired) electrons. The Hall–Kier alpha value is -4.61. The van der Waals surface area contributed by atoms with Crippen LogP contribution in [0.4, 0.5) is 14.5 Å². The number of piperidine rings is 1. The number of hydrogen-bond donors (Lipinski definition) is 1. The average Bonchev–Trinajstić information content (AvgIpc) is 3.55. The minimum absolute atomic E-state index is 0.0716. The van der Waals surface area contributed by atoms with Gasteiger partial charge in [-0.1, -0.05) is 41.0 Å². The fourth-order valence-electron chi connectivity index (χ4n) is 6.30. The highest BCUT2D eigenvalue weighted by Gasteiger charge is 2.39. The van der Waals surface area contributed by atoms with Gasteiger partial charge in [-0.05, 0) is 66.3 Å². The lowest BCUT2D eigenvalue weighted by Gasteiger charge is -2.40. The van der Waals surface area contributed by atoms with Gasteiger partial charge >= 0.3 is 5.97 Å². The lowest BCUT2D eigenvalue weighted by atomic mass is 9.86. The van der Waals surface area contributed by atoms with E-state index in [0.717, 1.165) is 55.4 Å². The summed E-state index contributed by atoms with van der Waals surface area (Å²) >= 11 is 5.85. The Morgan fingerprint density at radius 2 is 1.78 bits per heavy atom. The number of rotatable bonds is 8. The molecule has 4 aromatic rings. The van der Waals surface area contributed by atoms with Crippen molar-refractivity contribution in [2.24, 2.45) is 0 Å². The van der Waals surface area contributed by atoms with Crippen LogP contribution in [0, 0.1) is 11.6 Å². The van der Waals surface area contributed by atoms with E-state index in [-0.39, 0.29) is 46.9 Å². The molecule has 238 valence electrons. The van der Waals surface area contributed by atoms with Crippen LogP contribution in [0.3, 0.4) is 0 Å². The summed E-state index contributed by atoms with van der Waals surface area (Å²) in [5.41, 5.74) is 2.53. The molecule has 1 unspecified atom stereocenters. The molecule has 1 aromatic heterocycles. The first-order valence-corrected chi connectivity index (χ1v) is 15.2. The molecule has 1 fully saturated rings. The lowest BCUT2D eigenvalue weighted by Crippen LogP contribution is -2.45. The minimum atomic E-state index is -1.08. The van der Waals surface area contributed by atoms with Crippen molar-refractivity contribution in [2.45, 2.75) is 37.8 Å². The van der Waals surface area contributed by atoms with E-state index in [1.165, 1.54) is 17.0 Å². The highest BCUT2D eigenvalue weighted by molar-refractivity contribution is 6.31. The van der Waals surface area contributed by atoms with Crippen molar-refractivity contribution in [2.75, 3.05) is 31.6 Å². The summed E-state index contributed by atoms with van der Waals surface area (Å²) in [5.74, 6) is -4.30. The number of benzene rings is 3. The summed E-state index contributed by atoms with van der Waals surface area (Å²) < 4.78 is 40.1. The SMILES string of the molecule is COC1CCN(c2cccc3c2CCN(C(=O)c2cc(-c4c(F)ccc(Cl)c4F)no2)C3C(=O)Cc2ccc(C(=O)O)cc2)CC1. The second-order valence-electron chi connectivity index (χ2n) is 11.4. The van der Waals surface area contributed by atoms with Crippen LogP contribution in [0.25, 0.3) is 11.3 Å². The van der Waals surface area contributed by atoms with Crippen molar-refractivity contribution in [3.63, 3.8) is 0 Å². The average molecular weight is 650 g/mol. The van der Waals surface area contributed by atoms with Gasteiger partial charge in [-0.25, -0.2) is 13.6 Å². The molecule has 1 N–H and O–H groups in total. The number of anilines is 1. The Balaban J connectivity index is 1.35. The summed E-state index contributed by atoms with van der Waals surface area (Å²) in [6.45, 7) is 1.73. The number of amides is 1. The third-order valence-corrected chi connectivity index (χ3v) is 8.97. The van der Waals surface area contributed by atoms with Crippen LogP contribution in [0.2, 0.25) is 5.02 Å². The molecule has 0 aliphatic carbocycles. The van der Waals surface area contributed by atoms with Crippen LogP contribution in [0.5, 0.6) is 0 Å². The Labute approximate surface area is 268 Å². The number of carboxylic acids is 1. The van der Waals surface area contributed by atoms with Crippen molar-refractivity contribution in [3.05, 3.63) is 105 Å². The quantitative estimate of drug-likeness (QED) is 0.227. The molecular weight excluding hydrogens is 620 g/mol. The van der Waals surface area contributed by atoms with E-state index < -0.39 is 35.1 Å². The first kappa shape index (κ1) is 31.4. The summed E-state index contributed by atoms with van der Waals surface area (Å²) in [4.78, 5) is 43.1. The van der Waals surface area contributed by atoms with Crippen LogP contribution in [-0.4, -0.2) is 65.7 Å². The Kier molecular flexibility index (Phi) is 8.88. The van der Waals surface area contributed by atoms with Crippen LogP contribution < -0.4 is 4.90 Å². The fourth-order valence-corrected chi connectivity index (χ4v) is 6.46. The number of methoxy groups -OCH3 is 1. The van der Waals surface area contributed by atoms with Gasteiger partial charge in [0.15, 0.2) is 11.6 Å². The number of ketones is 1. The number of carbonyl (C=O) groups excluding carboxylic acids is 2. The first-order chi connectivity index (χ1) is 22.2. The van der Waals surface area contributed by atoms with Crippen LogP contribution >= 0.6 is 11.6 Å². The van der Waals surface area contributed by atoms with E-state index in [2.05, 4.69) is 10.1 Å². The van der Waals surface area contributed by atoms with Gasteiger partial charge in [0, 0.05) is 44.9 Å². The van der Waals surface area contributed by atoms with Crippen molar-refractivity contribution >= 4 is 34.9 Å². The standard InChI is InChI=1S/C34H30ClF2N3O6/c1-45-21-11-14-39(15-12-21)27-4-2-3-23-22(27)13-16-40(32(23)28(41)17-19-5-7-20(8-6-19)34(43)44)33(42)29-18-26(38-46-29)30-25(36)10-9-24(35)31(30)37/h2-10,18,21,32H,11-17H2,1H3,(H,43,44). The van der Waals surface area contributed by atoms with Crippen molar-refractivity contribution in [1.82, 2.24) is 10.1 Å². The molecule has 0 saturated carbocycles. The Bertz CT molecular complexity index is 1800. The number of nitrogens with zero attached hydrogens (tertiary/aromatic N) is 3. The molecule has 1 saturated heterocycles. The fraction of sp³-hybridized carbons (Fsp3) is 0.294. The van der Waals surface area contributed by atoms with E-state index in [1.807, 2.05) is 18.2 Å². The van der Waals surface area contributed by atoms with Gasteiger partial charge in [0.05, 0.1) is 22.3 Å². The molecule has 0 bridgehead atoms. The number of halogens is 3. The molecule has 2 aliphatic heterocycles. The second kappa shape index (κ2) is 13.0. The van der Waals surface area contributed by atoms with E-state index in [4.69, 9.17) is 20.9 Å². The maximum absolute atomic E-state index is 14.7. The smallest absolute Gasteiger partial charge is 0.335 e. The molecule has 1 atom stereocenters. The highest BCUT2D eigenvalue weighted by Crippen LogP contribution is 2.39. The summed E-state index contributed by atoms with van der Waals surface area (Å²) in [5, 5.41) is 12.7. The highest BCUT2D eigenvalue weighted by atomic mass is 35.5. The number of hydrogen-bond acceptors (Lipinski definition) is 7. The summed E-state index contributed by atoms with van der Waals surface area (Å²) in [7, 11) is 1.71. The molecule has 1 amide bonds. The topological polar surface area (TPSA) is 113 Å². The third-order valence-electron chi connectivity index (χ3n) is 8.68. The number of carboxylic acid groups (broad SMARTS) is 1. The number of aromatic carboxylic acids is 1. The van der Waals surface area contributed by atoms with E-state index in [1.54, 1.807) is 19.2 Å². The number of fused-ring (bicyclic) bond motifs is 1. The third kappa shape index (κ3) is 6.00. The van der Waals surface area contributed by atoms with Gasteiger partial charge in [-0.15, -0.1) is 0 Å². The molecular formula is C34H30ClF2N3O6. The van der Waals surface area contributed by atoms with Crippen LogP contribution in [0.15, 0.2) is 65.2 Å². The van der Waals surface area contributed by atoms with Crippen molar-refractivity contribution < 1.29 is 37.5 Å². The van der Waals surface area contributed by atoms with Crippen LogP contribution in [0.1, 0.15) is 56.5 Å². The largest absolute Gasteiger partial charge is 0.478 e. The molecule has 12 heteroatoms. The van der Waals surface area contributed by atoms with Gasteiger partial charge in [0.25, 0.3) is 5.91 Å². The Morgan fingerprint density at radius 3 is 2.48 bits per heavy atom. The summed E-state index contributed by atoms with van der Waals surface area (Å²) in [6.07, 6.45) is 2.29. The van der Waals surface area contributed by atoms with Crippen molar-refractivity contribution in [3.8, 4) is 11.3 Å². The molecule has 3 heterocycles. The second-order valence-corrected chi connectivity index (χ2v) is 11.8. The van der Waals surface area contributed by atoms with E-state index in [9.17, 15) is 28.3 Å². The summed E-state index contributed by atoms with van der Waals surface area (Å²) in [6, 6.07) is 13.9. The zero-order valence-corrected chi connectivity index (χ0v) is 25.6. The predicted octanol–water partition coefficient (Wildman–Crippen LogP) is 6.14. The maximum Gasteiger partial charge on any atom is 0.335 e. The van der Waals surface area contributed by atoms with Crippen LogP contribution in [-0.2, 0) is 22.4 Å². The Morgan fingerprint density at radius 1 is 1.04 bits per heavy atom. The first-order valence-electron chi connectivity index (χ1n) is 14.8. The number of ether oxygens (including phenoxy) is 1. The molecule has 3 aromatic carbocycles. The minimum Gasteiger partial charge on any atom is -0.478 e. The molecule has 2 aliphatic rings. The predicted molar refractivity (Wildman–Crippen MR) is 165 cm³/mol. The number of aromatic nitrogens is 1. The zero-order chi connectivity index (χ0) is 32.5. The van der Waals surface area contributed by atoms with Gasteiger partial charge in [0.1, 0.15) is 17.6 Å². The van der Waals surface area contributed by atoms with Crippen molar-refractivity contribution in [1.29, 1.82) is 0 Å². The molecule has 9 nitrogen and oxygen atoms in total. The van der Waals surface area contributed by atoms with Gasteiger partial charge in [0.2, 0.25) is 5.76 Å². The van der Waals surface area contributed by atoms with Gasteiger partial charge < -0.3 is 24.2 Å². The monoisotopic (exact) mass is 649 g/mol. The maximum atomic E-state index is 14.7. The van der Waals surface area contributed by atoms with Gasteiger partial charge in [-0.2, -0.15) is 0 Å². The molecule has 6 rings (SSSR count).